The zero-order valence-electron chi connectivity index (χ0n) is 14.2. The molecule has 0 aliphatic carbocycles. The van der Waals surface area contributed by atoms with E-state index in [0.29, 0.717) is 16.5 Å². The first kappa shape index (κ1) is 17.8. The fraction of sp³-hybridized carbons (Fsp3) is 0.190. The lowest BCUT2D eigenvalue weighted by atomic mass is 10.0. The third-order valence-corrected chi connectivity index (χ3v) is 5.33. The number of hydrogen-bond acceptors (Lipinski definition) is 1. The predicted molar refractivity (Wildman–Crippen MR) is 105 cm³/mol. The number of rotatable bonds is 4. The van der Waals surface area contributed by atoms with E-state index in [4.69, 9.17) is 23.2 Å². The molecule has 0 saturated heterocycles. The van der Waals surface area contributed by atoms with Gasteiger partial charge < -0.3 is 4.57 Å². The zero-order valence-corrected chi connectivity index (χ0v) is 15.7. The molecule has 0 radical (unpaired) electrons. The van der Waals surface area contributed by atoms with Crippen LogP contribution in [0.15, 0.2) is 65.6 Å². The highest BCUT2D eigenvalue weighted by Crippen LogP contribution is 2.28. The fourth-order valence-corrected chi connectivity index (χ4v) is 3.63. The molecule has 0 saturated carbocycles. The van der Waals surface area contributed by atoms with Gasteiger partial charge in [0, 0.05) is 40.0 Å². The van der Waals surface area contributed by atoms with Gasteiger partial charge in [-0.05, 0) is 37.1 Å². The van der Waals surface area contributed by atoms with E-state index in [1.165, 1.54) is 5.56 Å². The number of aromatic nitrogens is 1. The summed E-state index contributed by atoms with van der Waals surface area (Å²) in [5.74, 6) is 0. The molecule has 1 atom stereocenters. The first-order chi connectivity index (χ1) is 12.0. The SMILES string of the molecule is Cc1c(Cc2c(Cl)cccc2Cl)c(=O)ccn1[C@@H](C)c1ccccc1. The number of halogens is 2. The van der Waals surface area contributed by atoms with Crippen LogP contribution in [0.3, 0.4) is 0 Å². The minimum Gasteiger partial charge on any atom is -0.344 e. The molecule has 0 fully saturated rings. The minimum absolute atomic E-state index is 0.00463. The van der Waals surface area contributed by atoms with Gasteiger partial charge in [0.05, 0.1) is 6.04 Å². The van der Waals surface area contributed by atoms with Gasteiger partial charge in [-0.2, -0.15) is 0 Å². The number of benzene rings is 2. The van der Waals surface area contributed by atoms with Crippen LogP contribution in [-0.2, 0) is 6.42 Å². The van der Waals surface area contributed by atoms with Crippen molar-refractivity contribution in [2.75, 3.05) is 0 Å². The summed E-state index contributed by atoms with van der Waals surface area (Å²) in [5, 5.41) is 1.16. The third-order valence-electron chi connectivity index (χ3n) is 4.62. The van der Waals surface area contributed by atoms with E-state index in [-0.39, 0.29) is 11.5 Å². The van der Waals surface area contributed by atoms with E-state index in [0.717, 1.165) is 16.8 Å². The van der Waals surface area contributed by atoms with Crippen molar-refractivity contribution in [2.24, 2.45) is 0 Å². The summed E-state index contributed by atoms with van der Waals surface area (Å²) in [6.45, 7) is 4.10. The van der Waals surface area contributed by atoms with Gasteiger partial charge in [0.15, 0.2) is 5.43 Å². The van der Waals surface area contributed by atoms with Crippen LogP contribution in [-0.4, -0.2) is 4.57 Å². The molecule has 128 valence electrons. The van der Waals surface area contributed by atoms with Gasteiger partial charge in [0.1, 0.15) is 0 Å². The van der Waals surface area contributed by atoms with Crippen LogP contribution in [0.5, 0.6) is 0 Å². The van der Waals surface area contributed by atoms with Crippen LogP contribution in [0.2, 0.25) is 10.0 Å². The second kappa shape index (κ2) is 7.47. The molecule has 0 spiro atoms. The molecule has 3 aromatic rings. The van der Waals surface area contributed by atoms with Gasteiger partial charge in [-0.1, -0.05) is 59.6 Å². The highest BCUT2D eigenvalue weighted by atomic mass is 35.5. The van der Waals surface area contributed by atoms with E-state index in [1.807, 2.05) is 37.4 Å². The summed E-state index contributed by atoms with van der Waals surface area (Å²) < 4.78 is 2.12. The molecular formula is C21H19Cl2NO. The van der Waals surface area contributed by atoms with Crippen LogP contribution < -0.4 is 5.43 Å². The Labute approximate surface area is 157 Å². The molecule has 4 heteroatoms. The molecule has 0 amide bonds. The Morgan fingerprint density at radius 1 is 0.920 bits per heavy atom. The molecule has 0 unspecified atom stereocenters. The van der Waals surface area contributed by atoms with Crippen molar-refractivity contribution in [2.45, 2.75) is 26.3 Å². The predicted octanol–water partition coefficient (Wildman–Crippen LogP) is 5.66. The number of pyridine rings is 1. The van der Waals surface area contributed by atoms with Crippen LogP contribution >= 0.6 is 23.2 Å². The largest absolute Gasteiger partial charge is 0.344 e. The number of hydrogen-bond donors (Lipinski definition) is 0. The Kier molecular flexibility index (Phi) is 5.31. The maximum atomic E-state index is 12.5. The van der Waals surface area contributed by atoms with Crippen molar-refractivity contribution in [3.8, 4) is 0 Å². The Bertz CT molecular complexity index is 928. The van der Waals surface area contributed by atoms with Crippen LogP contribution in [0.1, 0.15) is 35.3 Å². The number of nitrogens with zero attached hydrogens (tertiary/aromatic N) is 1. The standard InChI is InChI=1S/C21H19Cl2NO/c1-14(16-7-4-3-5-8-16)24-12-11-21(25)17(15(24)2)13-18-19(22)9-6-10-20(18)23/h3-12,14H,13H2,1-2H3/t14-/m0/s1. The summed E-state index contributed by atoms with van der Waals surface area (Å²) >= 11 is 12.6. The smallest absolute Gasteiger partial charge is 0.185 e. The molecule has 25 heavy (non-hydrogen) atoms. The minimum atomic E-state index is 0.00463. The van der Waals surface area contributed by atoms with Gasteiger partial charge in [-0.15, -0.1) is 0 Å². The van der Waals surface area contributed by atoms with E-state index >= 15 is 0 Å². The van der Waals surface area contributed by atoms with Crippen molar-refractivity contribution < 1.29 is 0 Å². The Balaban J connectivity index is 2.05. The Hall–Kier alpha value is -2.03. The zero-order chi connectivity index (χ0) is 18.0. The first-order valence-corrected chi connectivity index (χ1v) is 8.93. The lowest BCUT2D eigenvalue weighted by Gasteiger charge is -2.21. The van der Waals surface area contributed by atoms with Crippen molar-refractivity contribution >= 4 is 23.2 Å². The highest BCUT2D eigenvalue weighted by Gasteiger charge is 2.15. The summed E-state index contributed by atoms with van der Waals surface area (Å²) in [6, 6.07) is 17.4. The van der Waals surface area contributed by atoms with Crippen LogP contribution in [0.4, 0.5) is 0 Å². The highest BCUT2D eigenvalue weighted by molar-refractivity contribution is 6.36. The van der Waals surface area contributed by atoms with E-state index in [2.05, 4.69) is 23.6 Å². The average molecular weight is 372 g/mol. The van der Waals surface area contributed by atoms with E-state index in [9.17, 15) is 4.79 Å². The first-order valence-electron chi connectivity index (χ1n) is 8.17. The van der Waals surface area contributed by atoms with Crippen molar-refractivity contribution in [3.63, 3.8) is 0 Å². The summed E-state index contributed by atoms with van der Waals surface area (Å²) in [5.41, 5.74) is 3.64. The van der Waals surface area contributed by atoms with Crippen LogP contribution in [0.25, 0.3) is 0 Å². The van der Waals surface area contributed by atoms with Gasteiger partial charge in [0.2, 0.25) is 0 Å². The normalized spacial score (nSPS) is 12.2. The molecule has 1 aromatic heterocycles. The second-order valence-electron chi connectivity index (χ2n) is 6.11. The molecule has 2 aromatic carbocycles. The van der Waals surface area contributed by atoms with Gasteiger partial charge in [0.25, 0.3) is 0 Å². The quantitative estimate of drug-likeness (QED) is 0.579. The molecular weight excluding hydrogens is 353 g/mol. The molecule has 0 N–H and O–H groups in total. The summed E-state index contributed by atoms with van der Waals surface area (Å²) in [6.07, 6.45) is 2.28. The summed E-state index contributed by atoms with van der Waals surface area (Å²) in [4.78, 5) is 12.5. The topological polar surface area (TPSA) is 22.0 Å². The third kappa shape index (κ3) is 3.65. The molecule has 0 aliphatic rings. The fourth-order valence-electron chi connectivity index (χ4n) is 3.10. The molecule has 2 nitrogen and oxygen atoms in total. The molecule has 0 bridgehead atoms. The molecule has 0 aliphatic heterocycles. The Morgan fingerprint density at radius 2 is 1.56 bits per heavy atom. The Morgan fingerprint density at radius 3 is 2.20 bits per heavy atom. The van der Waals surface area contributed by atoms with Crippen molar-refractivity contribution in [1.82, 2.24) is 4.57 Å². The molecule has 1 heterocycles. The van der Waals surface area contributed by atoms with Gasteiger partial charge in [-0.3, -0.25) is 4.79 Å². The molecule has 3 rings (SSSR count). The maximum absolute atomic E-state index is 12.5. The van der Waals surface area contributed by atoms with Gasteiger partial charge >= 0.3 is 0 Å². The lowest BCUT2D eigenvalue weighted by Crippen LogP contribution is -2.19. The second-order valence-corrected chi connectivity index (χ2v) is 6.93. The van der Waals surface area contributed by atoms with Gasteiger partial charge in [-0.25, -0.2) is 0 Å². The monoisotopic (exact) mass is 371 g/mol. The van der Waals surface area contributed by atoms with Crippen LogP contribution in [0, 0.1) is 6.92 Å². The van der Waals surface area contributed by atoms with Crippen molar-refractivity contribution in [3.05, 3.63) is 103 Å². The van der Waals surface area contributed by atoms with E-state index < -0.39 is 0 Å². The van der Waals surface area contributed by atoms with E-state index in [1.54, 1.807) is 18.2 Å². The maximum Gasteiger partial charge on any atom is 0.185 e. The van der Waals surface area contributed by atoms with Crippen molar-refractivity contribution in [1.29, 1.82) is 0 Å². The summed E-state index contributed by atoms with van der Waals surface area (Å²) in [7, 11) is 0. The lowest BCUT2D eigenvalue weighted by molar-refractivity contribution is 0.610. The average Bonchev–Trinajstić information content (AvgIpc) is 2.61.